The molecule has 1 spiro atoms. The Balaban J connectivity index is 1.18. The van der Waals surface area contributed by atoms with E-state index in [4.69, 9.17) is 19.2 Å². The Morgan fingerprint density at radius 3 is 2.79 bits per heavy atom. The lowest BCUT2D eigenvalue weighted by Crippen LogP contribution is -2.44. The molecule has 0 bridgehead atoms. The van der Waals surface area contributed by atoms with E-state index in [1.54, 1.807) is 24.4 Å². The molecule has 0 radical (unpaired) electrons. The third-order valence-electron chi connectivity index (χ3n) is 8.32. The summed E-state index contributed by atoms with van der Waals surface area (Å²) < 4.78 is 45.0. The molecule has 7 heterocycles. The number of nitrogens with zero attached hydrogens (tertiary/aromatic N) is 5. The van der Waals surface area contributed by atoms with Crippen LogP contribution in [0.25, 0.3) is 16.1 Å². The zero-order valence-electron chi connectivity index (χ0n) is 22.6. The molecule has 0 saturated carbocycles. The van der Waals surface area contributed by atoms with Crippen LogP contribution in [0.4, 0.5) is 20.3 Å². The molecule has 0 aromatic carbocycles. The number of halogens is 2. The molecule has 10 nitrogen and oxygen atoms in total. The summed E-state index contributed by atoms with van der Waals surface area (Å²) in [6.07, 6.45) is 1.47. The molecule has 0 aliphatic carbocycles. The van der Waals surface area contributed by atoms with E-state index in [9.17, 15) is 18.7 Å². The molecule has 13 heteroatoms. The molecule has 4 aliphatic rings. The van der Waals surface area contributed by atoms with E-state index in [1.807, 2.05) is 11.5 Å². The van der Waals surface area contributed by atoms with Crippen LogP contribution in [0.15, 0.2) is 41.9 Å². The van der Waals surface area contributed by atoms with Gasteiger partial charge in [-0.05, 0) is 29.5 Å². The monoisotopic (exact) mass is 597 g/mol. The van der Waals surface area contributed by atoms with Crippen LogP contribution in [-0.2, 0) is 14.3 Å². The van der Waals surface area contributed by atoms with E-state index < -0.39 is 30.4 Å². The number of rotatable bonds is 8. The smallest absolute Gasteiger partial charge is 0.326 e. The van der Waals surface area contributed by atoms with Crippen molar-refractivity contribution >= 4 is 34.4 Å². The Morgan fingerprint density at radius 1 is 1.24 bits per heavy atom. The van der Waals surface area contributed by atoms with E-state index >= 15 is 0 Å². The summed E-state index contributed by atoms with van der Waals surface area (Å²) in [5, 5.41) is 11.9. The van der Waals surface area contributed by atoms with E-state index in [1.165, 1.54) is 16.2 Å². The SMILES string of the molecule is O=C(O)[C@@H]1C[C@H](Oc2ncc(C3=CCOC3)cc2N2CCC3(COC3)C2)CN1c1cc(-c2cccs2)nc(C(F)F)n1. The van der Waals surface area contributed by atoms with E-state index in [2.05, 4.69) is 20.9 Å². The Labute approximate surface area is 244 Å². The number of carboxylic acid groups (broad SMARTS) is 1. The average Bonchev–Trinajstić information content (AvgIpc) is 3.79. The van der Waals surface area contributed by atoms with Gasteiger partial charge in [0.15, 0.2) is 5.82 Å². The van der Waals surface area contributed by atoms with Crippen molar-refractivity contribution in [2.45, 2.75) is 31.4 Å². The molecule has 0 amide bonds. The largest absolute Gasteiger partial charge is 0.480 e. The van der Waals surface area contributed by atoms with Crippen LogP contribution in [0.2, 0.25) is 0 Å². The lowest BCUT2D eigenvalue weighted by atomic mass is 9.85. The van der Waals surface area contributed by atoms with Crippen molar-refractivity contribution in [2.24, 2.45) is 5.41 Å². The number of carboxylic acids is 1. The Bertz CT molecular complexity index is 1520. The molecule has 1 N–H and O–H groups in total. The van der Waals surface area contributed by atoms with Gasteiger partial charge in [-0.15, -0.1) is 11.3 Å². The third kappa shape index (κ3) is 5.09. The second-order valence-electron chi connectivity index (χ2n) is 11.2. The summed E-state index contributed by atoms with van der Waals surface area (Å²) >= 11 is 1.36. The molecule has 2 atom stereocenters. The van der Waals surface area contributed by atoms with Crippen molar-refractivity contribution in [1.29, 1.82) is 0 Å². The highest BCUT2D eigenvalue weighted by molar-refractivity contribution is 7.13. The summed E-state index contributed by atoms with van der Waals surface area (Å²) in [6, 6.07) is 6.19. The fourth-order valence-electron chi connectivity index (χ4n) is 6.07. The predicted octanol–water partition coefficient (Wildman–Crippen LogP) is 4.29. The van der Waals surface area contributed by atoms with Crippen LogP contribution in [-0.4, -0.2) is 84.2 Å². The molecule has 3 aromatic rings. The van der Waals surface area contributed by atoms with E-state index in [0.717, 1.165) is 49.5 Å². The van der Waals surface area contributed by atoms with Gasteiger partial charge in [-0.1, -0.05) is 12.1 Å². The first-order valence-corrected chi connectivity index (χ1v) is 14.7. The number of anilines is 2. The molecule has 42 heavy (non-hydrogen) atoms. The van der Waals surface area contributed by atoms with Gasteiger partial charge in [0, 0.05) is 42.8 Å². The van der Waals surface area contributed by atoms with Crippen LogP contribution >= 0.6 is 11.3 Å². The van der Waals surface area contributed by atoms with E-state index in [-0.39, 0.29) is 24.2 Å². The maximum Gasteiger partial charge on any atom is 0.326 e. The molecule has 3 saturated heterocycles. The van der Waals surface area contributed by atoms with Crippen LogP contribution in [0, 0.1) is 5.41 Å². The van der Waals surface area contributed by atoms with Crippen LogP contribution < -0.4 is 14.5 Å². The van der Waals surface area contributed by atoms with Crippen molar-refractivity contribution in [2.75, 3.05) is 55.9 Å². The second kappa shape index (κ2) is 10.9. The van der Waals surface area contributed by atoms with Gasteiger partial charge in [0.05, 0.1) is 43.5 Å². The minimum Gasteiger partial charge on any atom is -0.480 e. The molecule has 3 fully saturated rings. The van der Waals surface area contributed by atoms with Gasteiger partial charge in [-0.25, -0.2) is 28.5 Å². The number of hydrogen-bond acceptors (Lipinski definition) is 10. The summed E-state index contributed by atoms with van der Waals surface area (Å²) in [7, 11) is 0. The second-order valence-corrected chi connectivity index (χ2v) is 12.1. The third-order valence-corrected chi connectivity index (χ3v) is 9.22. The number of hydrogen-bond donors (Lipinski definition) is 1. The first-order valence-electron chi connectivity index (χ1n) is 13.8. The molecule has 3 aromatic heterocycles. The van der Waals surface area contributed by atoms with Crippen LogP contribution in [0.3, 0.4) is 0 Å². The molecule has 7 rings (SSSR count). The standard InChI is InChI=1S/C29H29F2N5O5S/c30-25(31)26-33-20(23-2-1-7-42-23)10-24(34-26)36-12-19(9-22(36)28(37)38)41-27-21(35-5-4-29(14-35)15-40-16-29)8-18(11-32-27)17-3-6-39-13-17/h1-3,7-8,10-11,19,22,25H,4-6,9,12-16H2,(H,37,38)/t19-,22-/m0/s1. The number of pyridine rings is 1. The quantitative estimate of drug-likeness (QED) is 0.404. The van der Waals surface area contributed by atoms with Crippen molar-refractivity contribution in [1.82, 2.24) is 15.0 Å². The first-order chi connectivity index (χ1) is 20.4. The van der Waals surface area contributed by atoms with Gasteiger partial charge in [-0.2, -0.15) is 0 Å². The molecule has 220 valence electrons. The number of thiophene rings is 1. The number of ether oxygens (including phenoxy) is 3. The number of carbonyl (C=O) groups is 1. The molecular weight excluding hydrogens is 568 g/mol. The lowest BCUT2D eigenvalue weighted by Gasteiger charge is -2.38. The summed E-state index contributed by atoms with van der Waals surface area (Å²) in [5.41, 5.74) is 3.33. The van der Waals surface area contributed by atoms with Crippen molar-refractivity contribution in [3.8, 4) is 16.5 Å². The van der Waals surface area contributed by atoms with Gasteiger partial charge in [0.25, 0.3) is 6.43 Å². The fourth-order valence-corrected chi connectivity index (χ4v) is 6.75. The van der Waals surface area contributed by atoms with E-state index in [0.29, 0.717) is 29.7 Å². The number of aliphatic carboxylic acids is 1. The van der Waals surface area contributed by atoms with Crippen LogP contribution in [0.5, 0.6) is 5.88 Å². The first kappa shape index (κ1) is 27.2. The van der Waals surface area contributed by atoms with Crippen molar-refractivity contribution in [3.05, 3.63) is 53.3 Å². The highest BCUT2D eigenvalue weighted by Gasteiger charge is 2.46. The Kier molecular flexibility index (Phi) is 7.03. The number of aromatic nitrogens is 3. The molecular formula is C29H29F2N5O5S. The normalized spacial score (nSPS) is 23.1. The summed E-state index contributed by atoms with van der Waals surface area (Å²) in [4.78, 5) is 29.6. The molecule has 0 unspecified atom stereocenters. The Hall–Kier alpha value is -3.68. The van der Waals surface area contributed by atoms with Crippen LogP contribution in [0.1, 0.15) is 30.7 Å². The Morgan fingerprint density at radius 2 is 2.12 bits per heavy atom. The lowest BCUT2D eigenvalue weighted by molar-refractivity contribution is -0.138. The van der Waals surface area contributed by atoms with Gasteiger partial charge in [0.2, 0.25) is 5.88 Å². The summed E-state index contributed by atoms with van der Waals surface area (Å²) in [6.45, 7) is 4.34. The zero-order chi connectivity index (χ0) is 28.8. The predicted molar refractivity (Wildman–Crippen MR) is 151 cm³/mol. The topological polar surface area (TPSA) is 110 Å². The highest BCUT2D eigenvalue weighted by atomic mass is 32.1. The minimum atomic E-state index is -2.91. The van der Waals surface area contributed by atoms with Gasteiger partial charge in [-0.3, -0.25) is 0 Å². The maximum absolute atomic E-state index is 13.8. The maximum atomic E-state index is 13.8. The minimum absolute atomic E-state index is 0.130. The zero-order valence-corrected chi connectivity index (χ0v) is 23.4. The average molecular weight is 598 g/mol. The van der Waals surface area contributed by atoms with Crippen molar-refractivity contribution < 1.29 is 32.9 Å². The van der Waals surface area contributed by atoms with Crippen molar-refractivity contribution in [3.63, 3.8) is 0 Å². The highest BCUT2D eigenvalue weighted by Crippen LogP contribution is 2.43. The summed E-state index contributed by atoms with van der Waals surface area (Å²) in [5.74, 6) is -1.18. The molecule has 4 aliphatic heterocycles. The fraction of sp³-hybridized carbons (Fsp3) is 0.448. The van der Waals surface area contributed by atoms with Gasteiger partial charge in [0.1, 0.15) is 23.7 Å². The number of alkyl halides is 2. The van der Waals surface area contributed by atoms with Gasteiger partial charge < -0.3 is 29.1 Å². The van der Waals surface area contributed by atoms with Gasteiger partial charge >= 0.3 is 5.97 Å².